The molecule has 0 saturated heterocycles. The minimum Gasteiger partial charge on any atom is -0.375 e. The zero-order chi connectivity index (χ0) is 9.19. The van der Waals surface area contributed by atoms with Crippen LogP contribution in [0.25, 0.3) is 0 Å². The monoisotopic (exact) mass is 226 g/mol. The molecule has 0 saturated carbocycles. The molecule has 1 heterocycles. The molecule has 5 nitrogen and oxygen atoms in total. The Morgan fingerprint density at radius 3 is 2.83 bits per heavy atom. The molecule has 12 heavy (non-hydrogen) atoms. The van der Waals surface area contributed by atoms with Crippen molar-refractivity contribution in [1.82, 2.24) is 4.98 Å². The maximum Gasteiger partial charge on any atom is 0.320 e. The van der Waals surface area contributed by atoms with Crippen LogP contribution in [0.1, 0.15) is 5.69 Å². The average molecular weight is 226 g/mol. The van der Waals surface area contributed by atoms with Crippen LogP contribution in [-0.4, -0.2) is 18.0 Å². The third-order valence-corrected chi connectivity index (χ3v) is 3.61. The summed E-state index contributed by atoms with van der Waals surface area (Å²) < 4.78 is 28.9. The van der Waals surface area contributed by atoms with Crippen molar-refractivity contribution in [2.24, 2.45) is 0 Å². The van der Waals surface area contributed by atoms with Crippen molar-refractivity contribution in [3.63, 3.8) is 0 Å². The molecule has 8 heteroatoms. The lowest BCUT2D eigenvalue weighted by molar-refractivity contribution is 0.503. The predicted octanol–water partition coefficient (Wildman–Crippen LogP) is 0.761. The summed E-state index contributed by atoms with van der Waals surface area (Å²) in [6, 6.07) is 0. The fourth-order valence-electron chi connectivity index (χ4n) is 0.524. The van der Waals surface area contributed by atoms with E-state index in [1.54, 1.807) is 5.38 Å². The normalized spacial score (nSPS) is 11.8. The number of nitrogens with two attached hydrogens (primary N) is 1. The number of hydrogen-bond acceptors (Lipinski definition) is 6. The minimum absolute atomic E-state index is 0.118. The summed E-state index contributed by atoms with van der Waals surface area (Å²) in [6.45, 7) is 0. The molecule has 1 rings (SSSR count). The van der Waals surface area contributed by atoms with Crippen molar-refractivity contribution >= 4 is 36.4 Å². The second-order valence-corrected chi connectivity index (χ2v) is 6.11. The van der Waals surface area contributed by atoms with Gasteiger partial charge in [-0.3, -0.25) is 4.55 Å². The van der Waals surface area contributed by atoms with Gasteiger partial charge < -0.3 is 5.73 Å². The van der Waals surface area contributed by atoms with E-state index >= 15 is 0 Å². The SMILES string of the molecule is Nc1nc(CSS(=O)(=O)O)cs1. The largest absolute Gasteiger partial charge is 0.375 e. The van der Waals surface area contributed by atoms with Crippen molar-refractivity contribution in [3.05, 3.63) is 11.1 Å². The molecule has 0 amide bonds. The summed E-state index contributed by atoms with van der Waals surface area (Å²) in [4.78, 5) is 3.81. The third-order valence-electron chi connectivity index (χ3n) is 0.925. The Morgan fingerprint density at radius 2 is 2.42 bits per heavy atom. The van der Waals surface area contributed by atoms with E-state index in [9.17, 15) is 8.42 Å². The van der Waals surface area contributed by atoms with Gasteiger partial charge in [0.1, 0.15) is 0 Å². The number of nitrogen functional groups attached to an aromatic ring is 1. The molecular weight excluding hydrogens is 220 g/mol. The highest BCUT2D eigenvalue weighted by atomic mass is 33.1. The van der Waals surface area contributed by atoms with Gasteiger partial charge in [-0.1, -0.05) is 0 Å². The maximum atomic E-state index is 10.3. The van der Waals surface area contributed by atoms with Crippen LogP contribution in [0.5, 0.6) is 0 Å². The zero-order valence-electron chi connectivity index (χ0n) is 5.80. The second-order valence-electron chi connectivity index (χ2n) is 1.87. The van der Waals surface area contributed by atoms with E-state index in [1.165, 1.54) is 11.3 Å². The molecule has 0 aliphatic rings. The van der Waals surface area contributed by atoms with E-state index in [1.807, 2.05) is 0 Å². The van der Waals surface area contributed by atoms with E-state index in [0.717, 1.165) is 0 Å². The molecule has 0 spiro atoms. The third kappa shape index (κ3) is 3.39. The molecule has 0 unspecified atom stereocenters. The lowest BCUT2D eigenvalue weighted by Crippen LogP contribution is -1.91. The van der Waals surface area contributed by atoms with Gasteiger partial charge in [-0.25, -0.2) is 4.98 Å². The number of aromatic nitrogens is 1. The Morgan fingerprint density at radius 1 is 1.75 bits per heavy atom. The molecule has 0 bridgehead atoms. The maximum absolute atomic E-state index is 10.3. The summed E-state index contributed by atoms with van der Waals surface area (Å²) in [5.41, 5.74) is 5.86. The molecule has 3 N–H and O–H groups in total. The summed E-state index contributed by atoms with van der Waals surface area (Å²) in [7, 11) is -3.56. The summed E-state index contributed by atoms with van der Waals surface area (Å²) in [5.74, 6) is 0.118. The molecule has 0 atom stereocenters. The van der Waals surface area contributed by atoms with Crippen LogP contribution in [0.3, 0.4) is 0 Å². The van der Waals surface area contributed by atoms with Crippen LogP contribution in [0.2, 0.25) is 0 Å². The molecule has 0 aromatic carbocycles. The highest BCUT2D eigenvalue weighted by molar-refractivity contribution is 8.69. The first-order valence-corrected chi connectivity index (χ1v) is 6.61. The van der Waals surface area contributed by atoms with Crippen LogP contribution in [0, 0.1) is 0 Å². The van der Waals surface area contributed by atoms with Gasteiger partial charge in [0.25, 0.3) is 0 Å². The van der Waals surface area contributed by atoms with Gasteiger partial charge in [-0.15, -0.1) is 11.3 Å². The molecule has 0 fully saturated rings. The average Bonchev–Trinajstić information content (AvgIpc) is 2.30. The minimum atomic E-state index is -3.97. The van der Waals surface area contributed by atoms with Crippen LogP contribution in [0.4, 0.5) is 5.13 Å². The number of rotatable bonds is 3. The van der Waals surface area contributed by atoms with Crippen LogP contribution in [0.15, 0.2) is 5.38 Å². The second kappa shape index (κ2) is 3.60. The van der Waals surface area contributed by atoms with E-state index in [0.29, 0.717) is 21.6 Å². The lowest BCUT2D eigenvalue weighted by Gasteiger charge is -1.91. The predicted molar refractivity (Wildman–Crippen MR) is 49.4 cm³/mol. The van der Waals surface area contributed by atoms with E-state index < -0.39 is 9.15 Å². The Hall–Kier alpha value is -0.310. The van der Waals surface area contributed by atoms with Crippen LogP contribution < -0.4 is 5.73 Å². The summed E-state index contributed by atoms with van der Waals surface area (Å²) in [6.07, 6.45) is 0. The molecule has 1 aromatic heterocycles. The molecular formula is C4H6N2O3S3. The standard InChI is InChI=1S/C4H6N2O3S3/c5-4-6-3(1-10-4)2-11-12(7,8)9/h1H,2H2,(H2,5,6)(H,7,8,9). The van der Waals surface area contributed by atoms with Gasteiger partial charge in [0, 0.05) is 16.2 Å². The number of nitrogens with zero attached hydrogens (tertiary/aromatic N) is 1. The highest BCUT2D eigenvalue weighted by Crippen LogP contribution is 2.19. The fourth-order valence-corrected chi connectivity index (χ4v) is 2.42. The van der Waals surface area contributed by atoms with Gasteiger partial charge in [0.15, 0.2) is 5.13 Å². The quantitative estimate of drug-likeness (QED) is 0.584. The molecule has 0 radical (unpaired) electrons. The van der Waals surface area contributed by atoms with Crippen molar-refractivity contribution in [3.8, 4) is 0 Å². The first kappa shape index (κ1) is 9.78. The van der Waals surface area contributed by atoms with Crippen LogP contribution in [-0.2, 0) is 14.9 Å². The van der Waals surface area contributed by atoms with Crippen molar-refractivity contribution < 1.29 is 13.0 Å². The topological polar surface area (TPSA) is 93.3 Å². The number of anilines is 1. The zero-order valence-corrected chi connectivity index (χ0v) is 8.25. The van der Waals surface area contributed by atoms with Gasteiger partial charge >= 0.3 is 9.15 Å². The van der Waals surface area contributed by atoms with Gasteiger partial charge in [-0.05, 0) is 0 Å². The van der Waals surface area contributed by atoms with Gasteiger partial charge in [0.2, 0.25) is 0 Å². The smallest absolute Gasteiger partial charge is 0.320 e. The molecule has 0 aliphatic carbocycles. The van der Waals surface area contributed by atoms with E-state index in [2.05, 4.69) is 4.98 Å². The first-order chi connectivity index (χ1) is 5.47. The highest BCUT2D eigenvalue weighted by Gasteiger charge is 2.07. The number of thiazole rings is 1. The molecule has 0 aliphatic heterocycles. The molecule has 1 aromatic rings. The van der Waals surface area contributed by atoms with Gasteiger partial charge in [-0.2, -0.15) is 8.42 Å². The van der Waals surface area contributed by atoms with Crippen molar-refractivity contribution in [2.75, 3.05) is 5.73 Å². The first-order valence-electron chi connectivity index (χ1n) is 2.79. The van der Waals surface area contributed by atoms with Crippen molar-refractivity contribution in [1.29, 1.82) is 0 Å². The Kier molecular flexibility index (Phi) is 2.94. The molecule has 68 valence electrons. The lowest BCUT2D eigenvalue weighted by atomic mass is 10.6. The van der Waals surface area contributed by atoms with Crippen molar-refractivity contribution in [2.45, 2.75) is 5.75 Å². The summed E-state index contributed by atoms with van der Waals surface area (Å²) >= 11 is 1.23. The number of hydrogen-bond donors (Lipinski definition) is 2. The fraction of sp³-hybridized carbons (Fsp3) is 0.250. The van der Waals surface area contributed by atoms with E-state index in [4.69, 9.17) is 10.3 Å². The summed E-state index contributed by atoms with van der Waals surface area (Å²) in [5, 5.41) is 2.04. The Labute approximate surface area is 77.1 Å². The Bertz CT molecular complexity index is 357. The van der Waals surface area contributed by atoms with Gasteiger partial charge in [0.05, 0.1) is 11.4 Å². The van der Waals surface area contributed by atoms with E-state index in [-0.39, 0.29) is 5.75 Å². The van der Waals surface area contributed by atoms with Crippen LogP contribution >= 0.6 is 22.1 Å². The Balaban J connectivity index is 2.55.